The van der Waals surface area contributed by atoms with Gasteiger partial charge in [0.05, 0.1) is 0 Å². The molecule has 82 valence electrons. The van der Waals surface area contributed by atoms with Crippen molar-refractivity contribution in [3.63, 3.8) is 0 Å². The Morgan fingerprint density at radius 1 is 0.765 bits per heavy atom. The largest absolute Gasteiger partial charge is 0.380 e. The summed E-state index contributed by atoms with van der Waals surface area (Å²) in [6.07, 6.45) is 1.09. The van der Waals surface area contributed by atoms with Gasteiger partial charge < -0.3 is 5.32 Å². The van der Waals surface area contributed by atoms with Crippen LogP contribution < -0.4 is 5.32 Å². The van der Waals surface area contributed by atoms with Crippen molar-refractivity contribution in [3.05, 3.63) is 65.2 Å². The van der Waals surface area contributed by atoms with E-state index < -0.39 is 0 Å². The highest BCUT2D eigenvalue weighted by molar-refractivity contribution is 6.03. The summed E-state index contributed by atoms with van der Waals surface area (Å²) >= 11 is 0. The fourth-order valence-electron chi connectivity index (χ4n) is 2.97. The molecule has 2 aliphatic rings. The Balaban J connectivity index is 1.95. The first-order valence-electron chi connectivity index (χ1n) is 6.07. The van der Waals surface area contributed by atoms with Crippen molar-refractivity contribution in [1.82, 2.24) is 0 Å². The van der Waals surface area contributed by atoms with Crippen LogP contribution in [0.2, 0.25) is 0 Å². The van der Waals surface area contributed by atoms with E-state index in [1.807, 2.05) is 0 Å². The lowest BCUT2D eigenvalue weighted by atomic mass is 9.95. The summed E-state index contributed by atoms with van der Waals surface area (Å²) in [4.78, 5) is 0. The number of para-hydroxylation sites is 1. The highest BCUT2D eigenvalue weighted by atomic mass is 14.9. The predicted molar refractivity (Wildman–Crippen MR) is 71.9 cm³/mol. The molecule has 1 heteroatoms. The molecule has 0 saturated heterocycles. The zero-order valence-corrected chi connectivity index (χ0v) is 9.53. The van der Waals surface area contributed by atoms with Crippen LogP contribution in [0.5, 0.6) is 0 Å². The molecule has 0 unspecified atom stereocenters. The third kappa shape index (κ3) is 1.19. The van der Waals surface area contributed by atoms with Gasteiger partial charge in [0.2, 0.25) is 0 Å². The zero-order chi connectivity index (χ0) is 11.2. The van der Waals surface area contributed by atoms with Crippen LogP contribution in [0, 0.1) is 0 Å². The lowest BCUT2D eigenvalue weighted by molar-refractivity contribution is 1.29. The van der Waals surface area contributed by atoms with Gasteiger partial charge in [0, 0.05) is 17.8 Å². The van der Waals surface area contributed by atoms with E-state index in [0.717, 1.165) is 13.0 Å². The van der Waals surface area contributed by atoms with Gasteiger partial charge in [-0.1, -0.05) is 42.5 Å². The number of allylic oxidation sites excluding steroid dienone is 1. The second-order valence-corrected chi connectivity index (χ2v) is 4.69. The van der Waals surface area contributed by atoms with E-state index in [9.17, 15) is 0 Å². The van der Waals surface area contributed by atoms with Gasteiger partial charge in [-0.3, -0.25) is 0 Å². The smallest absolute Gasteiger partial charge is 0.0419 e. The third-order valence-electron chi connectivity index (χ3n) is 3.78. The summed E-state index contributed by atoms with van der Waals surface area (Å²) in [5, 5.41) is 3.52. The second-order valence-electron chi connectivity index (χ2n) is 4.69. The monoisotopic (exact) mass is 219 g/mol. The molecule has 1 aliphatic carbocycles. The van der Waals surface area contributed by atoms with E-state index in [2.05, 4.69) is 53.8 Å². The minimum Gasteiger partial charge on any atom is -0.380 e. The van der Waals surface area contributed by atoms with E-state index in [0.29, 0.717) is 0 Å². The van der Waals surface area contributed by atoms with Crippen molar-refractivity contribution in [2.75, 3.05) is 11.9 Å². The lowest BCUT2D eigenvalue weighted by Gasteiger charge is -2.20. The highest BCUT2D eigenvalue weighted by Crippen LogP contribution is 2.43. The van der Waals surface area contributed by atoms with Crippen molar-refractivity contribution in [3.8, 4) is 0 Å². The van der Waals surface area contributed by atoms with Crippen LogP contribution >= 0.6 is 0 Å². The fraction of sp³-hybridized carbons (Fsp3) is 0.125. The molecule has 2 aromatic carbocycles. The van der Waals surface area contributed by atoms with Gasteiger partial charge in [0.1, 0.15) is 0 Å². The third-order valence-corrected chi connectivity index (χ3v) is 3.78. The minimum absolute atomic E-state index is 0.962. The zero-order valence-electron chi connectivity index (χ0n) is 9.53. The maximum absolute atomic E-state index is 3.52. The summed E-state index contributed by atoms with van der Waals surface area (Å²) in [6, 6.07) is 17.4. The Morgan fingerprint density at radius 2 is 1.53 bits per heavy atom. The number of anilines is 1. The van der Waals surface area contributed by atoms with Crippen LogP contribution in [0.25, 0.3) is 11.1 Å². The molecule has 17 heavy (non-hydrogen) atoms. The Bertz CT molecular complexity index is 637. The van der Waals surface area contributed by atoms with Gasteiger partial charge in [-0.25, -0.2) is 0 Å². The quantitative estimate of drug-likeness (QED) is 0.714. The summed E-state index contributed by atoms with van der Waals surface area (Å²) in [5.41, 5.74) is 8.56. The molecule has 1 heterocycles. The van der Waals surface area contributed by atoms with E-state index in [4.69, 9.17) is 0 Å². The van der Waals surface area contributed by atoms with Gasteiger partial charge in [-0.2, -0.15) is 0 Å². The Kier molecular flexibility index (Phi) is 1.72. The Hall–Kier alpha value is -2.02. The van der Waals surface area contributed by atoms with Crippen molar-refractivity contribution >= 4 is 16.8 Å². The molecule has 0 atom stereocenters. The van der Waals surface area contributed by atoms with E-state index in [-0.39, 0.29) is 0 Å². The van der Waals surface area contributed by atoms with Gasteiger partial charge in [0.15, 0.2) is 0 Å². The molecular weight excluding hydrogens is 206 g/mol. The number of hydrogen-bond acceptors (Lipinski definition) is 1. The van der Waals surface area contributed by atoms with Crippen LogP contribution in [-0.4, -0.2) is 6.54 Å². The number of fused-ring (bicyclic) bond motifs is 4. The topological polar surface area (TPSA) is 12.0 Å². The molecule has 1 nitrogen and oxygen atoms in total. The van der Waals surface area contributed by atoms with Gasteiger partial charge in [-0.15, -0.1) is 0 Å². The van der Waals surface area contributed by atoms with Crippen LogP contribution in [0.1, 0.15) is 16.7 Å². The van der Waals surface area contributed by atoms with Crippen molar-refractivity contribution in [2.24, 2.45) is 0 Å². The van der Waals surface area contributed by atoms with Gasteiger partial charge >= 0.3 is 0 Å². The maximum atomic E-state index is 3.52. The van der Waals surface area contributed by atoms with Crippen molar-refractivity contribution < 1.29 is 0 Å². The highest BCUT2D eigenvalue weighted by Gasteiger charge is 2.26. The number of rotatable bonds is 0. The molecule has 4 rings (SSSR count). The van der Waals surface area contributed by atoms with Crippen molar-refractivity contribution in [1.29, 1.82) is 0 Å². The summed E-state index contributed by atoms with van der Waals surface area (Å²) in [6.45, 7) is 0.962. The van der Waals surface area contributed by atoms with Crippen LogP contribution in [-0.2, 0) is 6.42 Å². The predicted octanol–water partition coefficient (Wildman–Crippen LogP) is 3.58. The molecular formula is C16H13N. The van der Waals surface area contributed by atoms with Crippen LogP contribution in [0.15, 0.2) is 48.5 Å². The normalized spacial score (nSPS) is 16.0. The van der Waals surface area contributed by atoms with E-state index in [1.54, 1.807) is 0 Å². The molecule has 0 saturated carbocycles. The average molecular weight is 219 g/mol. The molecule has 1 N–H and O–H groups in total. The molecule has 2 aromatic rings. The molecule has 0 bridgehead atoms. The lowest BCUT2D eigenvalue weighted by Crippen LogP contribution is -2.11. The molecule has 0 aromatic heterocycles. The molecule has 1 aliphatic heterocycles. The van der Waals surface area contributed by atoms with Gasteiger partial charge in [0.25, 0.3) is 0 Å². The number of nitrogens with one attached hydrogen (secondary N) is 1. The summed E-state index contributed by atoms with van der Waals surface area (Å²) < 4.78 is 0. The average Bonchev–Trinajstić information content (AvgIpc) is 2.78. The Morgan fingerprint density at radius 3 is 2.47 bits per heavy atom. The maximum Gasteiger partial charge on any atom is 0.0419 e. The first-order valence-corrected chi connectivity index (χ1v) is 6.07. The SMILES string of the molecule is c1ccc2c(c1)CC1=C2CNc2ccccc21. The standard InChI is InChI=1S/C16H13N/c1-2-6-12-11(5-1)9-14-13-7-3-4-8-16(13)17-10-15(12)14/h1-8,17H,9-10H2. The molecule has 0 amide bonds. The molecule has 0 radical (unpaired) electrons. The fourth-order valence-corrected chi connectivity index (χ4v) is 2.97. The summed E-state index contributed by atoms with van der Waals surface area (Å²) in [5.74, 6) is 0. The number of benzene rings is 2. The second kappa shape index (κ2) is 3.24. The minimum atomic E-state index is 0.962. The van der Waals surface area contributed by atoms with E-state index in [1.165, 1.54) is 33.5 Å². The van der Waals surface area contributed by atoms with E-state index >= 15 is 0 Å². The number of hydrogen-bond donors (Lipinski definition) is 1. The van der Waals surface area contributed by atoms with Crippen LogP contribution in [0.3, 0.4) is 0 Å². The van der Waals surface area contributed by atoms with Gasteiger partial charge in [-0.05, 0) is 34.8 Å². The Labute approximate surface area is 101 Å². The molecule has 0 spiro atoms. The molecule has 0 fully saturated rings. The first-order chi connectivity index (χ1) is 8.43. The van der Waals surface area contributed by atoms with Crippen LogP contribution in [0.4, 0.5) is 5.69 Å². The van der Waals surface area contributed by atoms with Crippen molar-refractivity contribution in [2.45, 2.75) is 6.42 Å². The first kappa shape index (κ1) is 9.06. The summed E-state index contributed by atoms with van der Waals surface area (Å²) in [7, 11) is 0.